The van der Waals surface area contributed by atoms with Gasteiger partial charge in [-0.3, -0.25) is 14.4 Å². The summed E-state index contributed by atoms with van der Waals surface area (Å²) in [5.74, 6) is -1.88. The first-order valence-corrected chi connectivity index (χ1v) is 15.6. The van der Waals surface area contributed by atoms with Crippen LogP contribution in [0, 0.1) is 24.7 Å². The molecule has 7 atom stereocenters. The van der Waals surface area contributed by atoms with Gasteiger partial charge in [0.15, 0.2) is 0 Å². The van der Waals surface area contributed by atoms with E-state index < -0.39 is 33.4 Å². The Morgan fingerprint density at radius 3 is 2.45 bits per heavy atom. The monoisotopic (exact) mass is 585 g/mol. The second-order valence-corrected chi connectivity index (χ2v) is 14.0. The second kappa shape index (κ2) is 10.8. The Kier molecular flexibility index (Phi) is 7.92. The van der Waals surface area contributed by atoms with Gasteiger partial charge in [0, 0.05) is 24.4 Å². The number of aliphatic hydroxyl groups is 1. The predicted molar refractivity (Wildman–Crippen MR) is 160 cm³/mol. The largest absolute Gasteiger partial charge is 0.394 e. The van der Waals surface area contributed by atoms with E-state index in [-0.39, 0.29) is 30.2 Å². The molecule has 4 aliphatic rings. The zero-order valence-corrected chi connectivity index (χ0v) is 25.5. The van der Waals surface area contributed by atoms with Gasteiger partial charge in [0.05, 0.1) is 39.9 Å². The molecule has 0 saturated carbocycles. The highest BCUT2D eigenvalue weighted by Gasteiger charge is 2.74. The maximum atomic E-state index is 14.8. The predicted octanol–water partition coefficient (Wildman–Crippen LogP) is 4.45. The number of aryl methyl sites for hydroxylation is 1. The number of nitrogens with zero attached hydrogens (tertiary/aromatic N) is 3. The number of thioether (sulfide) groups is 1. The van der Waals surface area contributed by atoms with Crippen molar-refractivity contribution in [2.24, 2.45) is 17.8 Å². The fourth-order valence-corrected chi connectivity index (χ4v) is 9.79. The van der Waals surface area contributed by atoms with Crippen LogP contribution in [0.4, 0.5) is 5.69 Å². The van der Waals surface area contributed by atoms with Gasteiger partial charge in [0.2, 0.25) is 11.8 Å². The number of benzene rings is 1. The molecule has 0 radical (unpaired) electrons. The molecule has 9 heteroatoms. The number of rotatable bonds is 7. The van der Waals surface area contributed by atoms with E-state index in [2.05, 4.69) is 6.08 Å². The summed E-state index contributed by atoms with van der Waals surface area (Å²) in [6.07, 6.45) is 9.64. The van der Waals surface area contributed by atoms with E-state index in [4.69, 9.17) is 11.6 Å². The highest BCUT2D eigenvalue weighted by molar-refractivity contribution is 8.02. The normalized spacial score (nSPS) is 33.0. The van der Waals surface area contributed by atoms with Gasteiger partial charge in [-0.05, 0) is 37.8 Å². The summed E-state index contributed by atoms with van der Waals surface area (Å²) in [5.41, 5.74) is 1.49. The first-order chi connectivity index (χ1) is 19.1. The molecular formula is C31H40ClN3O4S. The third-order valence-electron chi connectivity index (χ3n) is 9.38. The molecule has 3 amide bonds. The van der Waals surface area contributed by atoms with Crippen LogP contribution in [0.25, 0.3) is 0 Å². The van der Waals surface area contributed by atoms with Crippen molar-refractivity contribution < 1.29 is 19.5 Å². The first-order valence-electron chi connectivity index (χ1n) is 14.4. The van der Waals surface area contributed by atoms with Gasteiger partial charge in [-0.1, -0.05) is 75.2 Å². The summed E-state index contributed by atoms with van der Waals surface area (Å²) in [4.78, 5) is 48.9. The van der Waals surface area contributed by atoms with E-state index in [1.54, 1.807) is 27.6 Å². The number of carbonyl (C=O) groups excluding carboxylic acids is 3. The van der Waals surface area contributed by atoms with Gasteiger partial charge in [-0.15, -0.1) is 11.8 Å². The quantitative estimate of drug-likeness (QED) is 0.478. The number of hydrogen-bond acceptors (Lipinski definition) is 5. The van der Waals surface area contributed by atoms with Gasteiger partial charge >= 0.3 is 0 Å². The van der Waals surface area contributed by atoms with Crippen molar-refractivity contribution in [3.8, 4) is 0 Å². The zero-order chi connectivity index (χ0) is 29.0. The van der Waals surface area contributed by atoms with Crippen molar-refractivity contribution in [3.63, 3.8) is 0 Å². The number of amides is 3. The zero-order valence-electron chi connectivity index (χ0n) is 24.0. The third-order valence-corrected chi connectivity index (χ3v) is 11.5. The Labute approximate surface area is 246 Å². The summed E-state index contributed by atoms with van der Waals surface area (Å²) in [6, 6.07) is 4.11. The molecule has 1 aromatic rings. The molecule has 1 spiro atoms. The molecule has 0 aliphatic carbocycles. The number of anilines is 1. The van der Waals surface area contributed by atoms with Crippen molar-refractivity contribution in [3.05, 3.63) is 53.1 Å². The third kappa shape index (κ3) is 4.24. The van der Waals surface area contributed by atoms with Crippen LogP contribution < -0.4 is 4.90 Å². The lowest BCUT2D eigenvalue weighted by molar-refractivity contribution is -0.146. The Bertz CT molecular complexity index is 1250. The fraction of sp³-hybridized carbons (Fsp3) is 0.581. The number of hydrogen-bond donors (Lipinski definition) is 1. The molecule has 2 fully saturated rings. The van der Waals surface area contributed by atoms with Crippen molar-refractivity contribution in [2.45, 2.75) is 69.0 Å². The van der Waals surface area contributed by atoms with Crippen molar-refractivity contribution in [1.29, 1.82) is 0 Å². The Morgan fingerprint density at radius 2 is 1.80 bits per heavy atom. The minimum absolute atomic E-state index is 0.0364. The fourth-order valence-electron chi connectivity index (χ4n) is 7.32. The van der Waals surface area contributed by atoms with E-state index in [9.17, 15) is 19.5 Å². The summed E-state index contributed by atoms with van der Waals surface area (Å²) >= 11 is 8.23. The van der Waals surface area contributed by atoms with Crippen LogP contribution in [0.5, 0.6) is 0 Å². The van der Waals surface area contributed by atoms with E-state index in [0.29, 0.717) is 30.3 Å². The number of fused-ring (bicyclic) bond motifs is 2. The first kappa shape index (κ1) is 29.2. The number of halogens is 1. The highest BCUT2D eigenvalue weighted by atomic mass is 35.5. The summed E-state index contributed by atoms with van der Waals surface area (Å²) in [6.45, 7) is 11.2. The van der Waals surface area contributed by atoms with Crippen LogP contribution in [0.3, 0.4) is 0 Å². The molecular weight excluding hydrogens is 546 g/mol. The molecule has 4 aliphatic heterocycles. The van der Waals surface area contributed by atoms with Gasteiger partial charge in [0.25, 0.3) is 5.91 Å². The Morgan fingerprint density at radius 1 is 1.07 bits per heavy atom. The Hall–Kier alpha value is -2.29. The van der Waals surface area contributed by atoms with Crippen LogP contribution in [0.2, 0.25) is 5.02 Å². The van der Waals surface area contributed by atoms with Crippen LogP contribution in [0.15, 0.2) is 42.5 Å². The van der Waals surface area contributed by atoms with Gasteiger partial charge < -0.3 is 19.8 Å². The lowest BCUT2D eigenvalue weighted by Crippen LogP contribution is -2.58. The highest BCUT2D eigenvalue weighted by Crippen LogP contribution is 2.66. The van der Waals surface area contributed by atoms with Crippen LogP contribution in [-0.2, 0) is 14.4 Å². The molecule has 40 heavy (non-hydrogen) atoms. The number of aliphatic hydroxyl groups excluding tert-OH is 1. The van der Waals surface area contributed by atoms with Gasteiger partial charge in [-0.2, -0.15) is 0 Å². The molecule has 1 N–H and O–H groups in total. The van der Waals surface area contributed by atoms with E-state index in [0.717, 1.165) is 18.4 Å². The molecule has 1 unspecified atom stereocenters. The number of carbonyl (C=O) groups is 3. The van der Waals surface area contributed by atoms with Gasteiger partial charge in [-0.25, -0.2) is 0 Å². The second-order valence-electron chi connectivity index (χ2n) is 11.8. The van der Waals surface area contributed by atoms with Crippen LogP contribution in [0.1, 0.15) is 46.1 Å². The minimum atomic E-state index is -0.965. The molecule has 7 nitrogen and oxygen atoms in total. The smallest absolute Gasteiger partial charge is 0.251 e. The topological polar surface area (TPSA) is 81.2 Å². The molecule has 1 aromatic carbocycles. The van der Waals surface area contributed by atoms with E-state index in [1.807, 2.05) is 69.9 Å². The minimum Gasteiger partial charge on any atom is -0.394 e. The molecule has 0 aromatic heterocycles. The summed E-state index contributed by atoms with van der Waals surface area (Å²) in [5, 5.41) is 11.1. The molecule has 4 heterocycles. The Balaban J connectivity index is 1.71. The van der Waals surface area contributed by atoms with Crippen molar-refractivity contribution in [1.82, 2.24) is 9.80 Å². The van der Waals surface area contributed by atoms with E-state index >= 15 is 0 Å². The van der Waals surface area contributed by atoms with Gasteiger partial charge in [0.1, 0.15) is 6.04 Å². The summed E-state index contributed by atoms with van der Waals surface area (Å²) < 4.78 is -1.62. The van der Waals surface area contributed by atoms with E-state index in [1.165, 1.54) is 0 Å². The van der Waals surface area contributed by atoms with Crippen LogP contribution in [-0.4, -0.2) is 80.4 Å². The molecule has 0 bridgehead atoms. The number of para-hydroxylation sites is 1. The SMILES string of the molecule is CCCN1CC=C[C@@]2(C)S[C@]34C=CCN(c5c(C)cccc5Cl)C(=O)C3N([C@@H](CO)[C@@H](C)CC)C(=O)[C@@H]4[C@H]2C1=O. The standard InChI is InChI=1S/C31H40ClN3O4S/c1-6-15-33-16-9-13-30(5)23(27(33)37)24-28(38)35(22(18-36)19(3)7-2)26-29(39)34(17-10-14-31(24,26)40-30)25-20(4)11-8-12-21(25)32/h8-14,19,22-24,26,36H,6-7,15-18H2,1-5H3/t19-,22-,23-,24-,26?,30+,31-/m0/s1. The van der Waals surface area contributed by atoms with Crippen LogP contribution >= 0.6 is 23.4 Å². The maximum absolute atomic E-state index is 14.8. The summed E-state index contributed by atoms with van der Waals surface area (Å²) in [7, 11) is 0. The lowest BCUT2D eigenvalue weighted by atomic mass is 9.74. The van der Waals surface area contributed by atoms with Crippen molar-refractivity contribution >= 4 is 46.8 Å². The average Bonchev–Trinajstić information content (AvgIpc) is 3.19. The molecule has 2 saturated heterocycles. The molecule has 5 rings (SSSR count). The molecule has 216 valence electrons. The van der Waals surface area contributed by atoms with Crippen molar-refractivity contribution in [2.75, 3.05) is 31.1 Å². The maximum Gasteiger partial charge on any atom is 0.251 e. The average molecular weight is 586 g/mol. The number of likely N-dealkylation sites (tertiary alicyclic amines) is 1. The lowest BCUT2D eigenvalue weighted by Gasteiger charge is -2.41.